The molecule has 1 N–H and O–H groups in total. The lowest BCUT2D eigenvalue weighted by molar-refractivity contribution is 0.170. The van der Waals surface area contributed by atoms with E-state index < -0.39 is 6.10 Å². The van der Waals surface area contributed by atoms with Gasteiger partial charge in [0.15, 0.2) is 0 Å². The van der Waals surface area contributed by atoms with Crippen molar-refractivity contribution in [3.63, 3.8) is 0 Å². The molecule has 1 unspecified atom stereocenters. The van der Waals surface area contributed by atoms with E-state index in [1.807, 2.05) is 13.8 Å². The molecule has 5 heteroatoms. The van der Waals surface area contributed by atoms with Crippen molar-refractivity contribution in [1.82, 2.24) is 9.78 Å². The number of alkyl halides is 1. The molecular weight excluding hydrogens is 255 g/mol. The van der Waals surface area contributed by atoms with E-state index in [0.717, 1.165) is 15.9 Å². The Kier molecular flexibility index (Phi) is 3.76. The number of aliphatic hydroxyl groups excluding tert-OH is 1. The van der Waals surface area contributed by atoms with E-state index in [0.29, 0.717) is 6.54 Å². The highest BCUT2D eigenvalue weighted by Gasteiger charge is 2.11. The van der Waals surface area contributed by atoms with Gasteiger partial charge >= 0.3 is 0 Å². The molecule has 3 nitrogen and oxygen atoms in total. The van der Waals surface area contributed by atoms with Gasteiger partial charge in [0.1, 0.15) is 0 Å². The van der Waals surface area contributed by atoms with Crippen LogP contribution in [0.1, 0.15) is 11.4 Å². The molecule has 0 aliphatic heterocycles. The Balaban J connectivity index is 2.83. The minimum Gasteiger partial charge on any atom is -0.390 e. The molecule has 1 atom stereocenters. The van der Waals surface area contributed by atoms with Gasteiger partial charge in [0.25, 0.3) is 0 Å². The van der Waals surface area contributed by atoms with Crippen LogP contribution >= 0.6 is 27.5 Å². The number of aryl methyl sites for hydroxylation is 1. The maximum atomic E-state index is 9.33. The topological polar surface area (TPSA) is 38.0 Å². The summed E-state index contributed by atoms with van der Waals surface area (Å²) < 4.78 is 2.75. The first-order valence-corrected chi connectivity index (χ1v) is 5.32. The maximum absolute atomic E-state index is 9.33. The molecule has 1 aromatic rings. The second-order valence-corrected chi connectivity index (χ2v) is 4.08. The van der Waals surface area contributed by atoms with E-state index in [1.165, 1.54) is 0 Å². The van der Waals surface area contributed by atoms with Crippen LogP contribution in [-0.2, 0) is 6.54 Å². The molecule has 0 aliphatic carbocycles. The number of hydrogen-bond acceptors (Lipinski definition) is 2. The fourth-order valence-electron chi connectivity index (χ4n) is 1.10. The van der Waals surface area contributed by atoms with E-state index >= 15 is 0 Å². The van der Waals surface area contributed by atoms with Gasteiger partial charge in [-0.3, -0.25) is 4.68 Å². The summed E-state index contributed by atoms with van der Waals surface area (Å²) in [5.41, 5.74) is 1.95. The van der Waals surface area contributed by atoms with Crippen molar-refractivity contribution in [3.05, 3.63) is 15.9 Å². The fraction of sp³-hybridized carbons (Fsp3) is 0.625. The Labute approximate surface area is 90.8 Å². The lowest BCUT2D eigenvalue weighted by atomic mass is 10.4. The molecule has 0 aliphatic rings. The van der Waals surface area contributed by atoms with Crippen molar-refractivity contribution in [1.29, 1.82) is 0 Å². The van der Waals surface area contributed by atoms with E-state index in [1.54, 1.807) is 4.68 Å². The summed E-state index contributed by atoms with van der Waals surface area (Å²) in [5, 5.41) is 13.6. The number of aromatic nitrogens is 2. The van der Waals surface area contributed by atoms with Gasteiger partial charge in [-0.25, -0.2) is 0 Å². The number of aliphatic hydroxyl groups is 1. The van der Waals surface area contributed by atoms with Crippen molar-refractivity contribution in [2.45, 2.75) is 26.5 Å². The highest BCUT2D eigenvalue weighted by Crippen LogP contribution is 2.19. The van der Waals surface area contributed by atoms with Crippen LogP contribution in [0, 0.1) is 13.8 Å². The van der Waals surface area contributed by atoms with Gasteiger partial charge in [-0.05, 0) is 29.8 Å². The second kappa shape index (κ2) is 4.44. The first kappa shape index (κ1) is 11.0. The molecule has 1 heterocycles. The van der Waals surface area contributed by atoms with Crippen molar-refractivity contribution in [3.8, 4) is 0 Å². The average Bonchev–Trinajstić information content (AvgIpc) is 2.34. The van der Waals surface area contributed by atoms with Crippen molar-refractivity contribution in [2.75, 3.05) is 5.88 Å². The standard InChI is InChI=1S/C8H12BrClN2O/c1-5-8(9)6(2)12(11-5)4-7(13)3-10/h7,13H,3-4H2,1-2H3. The molecule has 0 saturated heterocycles. The summed E-state index contributed by atoms with van der Waals surface area (Å²) in [7, 11) is 0. The van der Waals surface area contributed by atoms with E-state index in [4.69, 9.17) is 11.6 Å². The molecule has 0 amide bonds. The quantitative estimate of drug-likeness (QED) is 0.849. The van der Waals surface area contributed by atoms with Crippen LogP contribution in [0.25, 0.3) is 0 Å². The van der Waals surface area contributed by atoms with Gasteiger partial charge in [-0.2, -0.15) is 5.10 Å². The van der Waals surface area contributed by atoms with Crippen molar-refractivity contribution >= 4 is 27.5 Å². The first-order chi connectivity index (χ1) is 6.06. The van der Waals surface area contributed by atoms with Gasteiger partial charge in [-0.15, -0.1) is 11.6 Å². The highest BCUT2D eigenvalue weighted by atomic mass is 79.9. The molecule has 0 radical (unpaired) electrons. The molecule has 1 rings (SSSR count). The predicted octanol–water partition coefficient (Wildman–Crippen LogP) is 1.86. The van der Waals surface area contributed by atoms with E-state index in [2.05, 4.69) is 21.0 Å². The van der Waals surface area contributed by atoms with Gasteiger partial charge in [0.05, 0.1) is 28.7 Å². The van der Waals surface area contributed by atoms with Crippen LogP contribution in [-0.4, -0.2) is 26.9 Å². The van der Waals surface area contributed by atoms with Gasteiger partial charge < -0.3 is 5.11 Å². The number of hydrogen-bond donors (Lipinski definition) is 1. The van der Waals surface area contributed by atoms with Crippen LogP contribution in [0.2, 0.25) is 0 Å². The van der Waals surface area contributed by atoms with Gasteiger partial charge in [0.2, 0.25) is 0 Å². The van der Waals surface area contributed by atoms with Gasteiger partial charge in [-0.1, -0.05) is 0 Å². The first-order valence-electron chi connectivity index (χ1n) is 3.99. The van der Waals surface area contributed by atoms with Crippen LogP contribution in [0.4, 0.5) is 0 Å². The third-order valence-corrected chi connectivity index (χ3v) is 3.36. The van der Waals surface area contributed by atoms with Crippen LogP contribution in [0.5, 0.6) is 0 Å². The third kappa shape index (κ3) is 2.45. The molecule has 74 valence electrons. The number of rotatable bonds is 3. The SMILES string of the molecule is Cc1nn(CC(O)CCl)c(C)c1Br. The van der Waals surface area contributed by atoms with E-state index in [-0.39, 0.29) is 5.88 Å². The monoisotopic (exact) mass is 266 g/mol. The zero-order valence-corrected chi connectivity index (χ0v) is 9.93. The Morgan fingerprint density at radius 2 is 2.23 bits per heavy atom. The van der Waals surface area contributed by atoms with Crippen LogP contribution in [0.15, 0.2) is 4.47 Å². The predicted molar refractivity (Wildman–Crippen MR) is 56.1 cm³/mol. The molecular formula is C8H12BrClN2O. The molecule has 0 aromatic carbocycles. The fourth-order valence-corrected chi connectivity index (χ4v) is 1.48. The molecule has 13 heavy (non-hydrogen) atoms. The molecule has 1 aromatic heterocycles. The number of halogens is 2. The van der Waals surface area contributed by atoms with Crippen molar-refractivity contribution < 1.29 is 5.11 Å². The van der Waals surface area contributed by atoms with E-state index in [9.17, 15) is 5.11 Å². The Bertz CT molecular complexity index is 301. The molecule has 0 bridgehead atoms. The Morgan fingerprint density at radius 1 is 1.62 bits per heavy atom. The average molecular weight is 268 g/mol. The minimum atomic E-state index is -0.536. The molecule has 0 saturated carbocycles. The van der Waals surface area contributed by atoms with Gasteiger partial charge in [0, 0.05) is 5.69 Å². The second-order valence-electron chi connectivity index (χ2n) is 2.98. The summed E-state index contributed by atoms with van der Waals surface area (Å²) in [5.74, 6) is 0.232. The summed E-state index contributed by atoms with van der Waals surface area (Å²) in [6.07, 6.45) is -0.536. The summed E-state index contributed by atoms with van der Waals surface area (Å²) in [6.45, 7) is 4.31. The lowest BCUT2D eigenvalue weighted by Crippen LogP contribution is -2.19. The number of nitrogens with zero attached hydrogens (tertiary/aromatic N) is 2. The molecule has 0 spiro atoms. The van der Waals surface area contributed by atoms with Crippen molar-refractivity contribution in [2.24, 2.45) is 0 Å². The van der Waals surface area contributed by atoms with Crippen LogP contribution in [0.3, 0.4) is 0 Å². The van der Waals surface area contributed by atoms with Crippen LogP contribution < -0.4 is 0 Å². The zero-order valence-electron chi connectivity index (χ0n) is 7.59. The smallest absolute Gasteiger partial charge is 0.0871 e. The highest BCUT2D eigenvalue weighted by molar-refractivity contribution is 9.10. The summed E-state index contributed by atoms with van der Waals surface area (Å²) >= 11 is 8.91. The maximum Gasteiger partial charge on any atom is 0.0871 e. The third-order valence-electron chi connectivity index (χ3n) is 1.85. The summed E-state index contributed by atoms with van der Waals surface area (Å²) in [6, 6.07) is 0. The normalized spacial score (nSPS) is 13.3. The zero-order chi connectivity index (χ0) is 10.0. The Hall–Kier alpha value is -0.0600. The molecule has 0 fully saturated rings. The lowest BCUT2D eigenvalue weighted by Gasteiger charge is -2.08. The summed E-state index contributed by atoms with van der Waals surface area (Å²) in [4.78, 5) is 0. The minimum absolute atomic E-state index is 0.232. The Morgan fingerprint density at radius 3 is 2.62 bits per heavy atom. The largest absolute Gasteiger partial charge is 0.390 e.